The van der Waals surface area contributed by atoms with Gasteiger partial charge in [-0.25, -0.2) is 8.78 Å². The number of aliphatic carboxylic acids is 1. The number of hydrogen-bond donors (Lipinski definition) is 1. The molecule has 0 spiro atoms. The lowest BCUT2D eigenvalue weighted by Crippen LogP contribution is -2.27. The zero-order valence-electron chi connectivity index (χ0n) is 11.5. The van der Waals surface area contributed by atoms with Crippen molar-refractivity contribution in [3.8, 4) is 5.75 Å². The number of methoxy groups -OCH3 is 1. The van der Waals surface area contributed by atoms with Crippen molar-refractivity contribution < 1.29 is 23.4 Å². The van der Waals surface area contributed by atoms with Crippen LogP contribution in [0.15, 0.2) is 18.2 Å². The maximum Gasteiger partial charge on any atom is 0.303 e. The van der Waals surface area contributed by atoms with Crippen molar-refractivity contribution in [2.45, 2.75) is 32.6 Å². The fourth-order valence-electron chi connectivity index (χ4n) is 2.13. The van der Waals surface area contributed by atoms with E-state index in [0.29, 0.717) is 3.57 Å². The molecular formula is C14H17F2IO3. The van der Waals surface area contributed by atoms with E-state index in [2.05, 4.69) is 0 Å². The van der Waals surface area contributed by atoms with Crippen LogP contribution in [0.25, 0.3) is 0 Å². The van der Waals surface area contributed by atoms with Gasteiger partial charge in [0.05, 0.1) is 19.1 Å². The number of benzene rings is 1. The Morgan fingerprint density at radius 3 is 2.50 bits per heavy atom. The minimum Gasteiger partial charge on any atom is -0.496 e. The Balaban J connectivity index is 3.10. The molecule has 0 saturated carbocycles. The van der Waals surface area contributed by atoms with E-state index in [4.69, 9.17) is 9.84 Å². The molecule has 1 aromatic carbocycles. The third kappa shape index (κ3) is 4.57. The number of ether oxygens (including phenoxy) is 1. The van der Waals surface area contributed by atoms with E-state index in [0.717, 1.165) is 0 Å². The average molecular weight is 398 g/mol. The molecule has 1 aromatic rings. The van der Waals surface area contributed by atoms with E-state index >= 15 is 0 Å². The Kier molecular flexibility index (Phi) is 5.34. The minimum absolute atomic E-state index is 0.113. The van der Waals surface area contributed by atoms with Crippen LogP contribution in [0.1, 0.15) is 32.3 Å². The van der Waals surface area contributed by atoms with Crippen molar-refractivity contribution in [3.63, 3.8) is 0 Å². The number of halogens is 3. The van der Waals surface area contributed by atoms with Crippen molar-refractivity contribution in [1.82, 2.24) is 0 Å². The normalized spacial score (nSPS) is 12.3. The summed E-state index contributed by atoms with van der Waals surface area (Å²) in [6.45, 7) is 3.05. The highest BCUT2D eigenvalue weighted by Gasteiger charge is 2.41. The number of rotatable bonds is 6. The van der Waals surface area contributed by atoms with Crippen LogP contribution < -0.4 is 4.74 Å². The first-order valence-electron chi connectivity index (χ1n) is 6.01. The second-order valence-electron chi connectivity index (χ2n) is 5.46. The number of carboxylic acids is 1. The first-order valence-corrected chi connectivity index (χ1v) is 7.09. The maximum atomic E-state index is 14.5. The zero-order valence-corrected chi connectivity index (χ0v) is 13.7. The molecule has 0 aliphatic rings. The molecule has 0 atom stereocenters. The van der Waals surface area contributed by atoms with Gasteiger partial charge < -0.3 is 9.84 Å². The summed E-state index contributed by atoms with van der Waals surface area (Å²) < 4.78 is 34.6. The Morgan fingerprint density at radius 1 is 1.40 bits per heavy atom. The van der Waals surface area contributed by atoms with Gasteiger partial charge in [-0.2, -0.15) is 0 Å². The molecule has 0 heterocycles. The van der Waals surface area contributed by atoms with E-state index in [1.54, 1.807) is 6.07 Å². The standard InChI is InChI=1S/C14H17F2IO3/c1-13(2,7-12(18)19)8-14(15,16)10-6-9(17)4-5-11(10)20-3/h4-6H,7-8H2,1-3H3,(H,18,19). The van der Waals surface area contributed by atoms with Crippen LogP contribution >= 0.6 is 22.6 Å². The third-order valence-corrected chi connectivity index (χ3v) is 3.56. The van der Waals surface area contributed by atoms with Gasteiger partial charge in [0.1, 0.15) is 5.75 Å². The lowest BCUT2D eigenvalue weighted by atomic mass is 9.81. The summed E-state index contributed by atoms with van der Waals surface area (Å²) in [6, 6.07) is 4.55. The van der Waals surface area contributed by atoms with Crippen LogP contribution in [-0.2, 0) is 10.7 Å². The molecule has 1 N–H and O–H groups in total. The van der Waals surface area contributed by atoms with E-state index in [1.807, 2.05) is 22.6 Å². The quantitative estimate of drug-likeness (QED) is 0.728. The smallest absolute Gasteiger partial charge is 0.303 e. The van der Waals surface area contributed by atoms with Gasteiger partial charge in [0.2, 0.25) is 0 Å². The summed E-state index contributed by atoms with van der Waals surface area (Å²) in [6.07, 6.45) is -0.864. The largest absolute Gasteiger partial charge is 0.496 e. The van der Waals surface area contributed by atoms with Gasteiger partial charge in [-0.3, -0.25) is 4.79 Å². The van der Waals surface area contributed by atoms with Crippen LogP contribution in [0, 0.1) is 8.99 Å². The van der Waals surface area contributed by atoms with Crippen LogP contribution in [0.3, 0.4) is 0 Å². The van der Waals surface area contributed by atoms with E-state index in [9.17, 15) is 13.6 Å². The van der Waals surface area contributed by atoms with Gasteiger partial charge in [0.25, 0.3) is 5.92 Å². The van der Waals surface area contributed by atoms with Gasteiger partial charge in [-0.05, 0) is 46.2 Å². The molecule has 0 unspecified atom stereocenters. The molecule has 1 rings (SSSR count). The summed E-state index contributed by atoms with van der Waals surface area (Å²) in [5, 5.41) is 8.79. The van der Waals surface area contributed by atoms with Crippen molar-refractivity contribution in [2.24, 2.45) is 5.41 Å². The molecule has 6 heteroatoms. The van der Waals surface area contributed by atoms with Crippen LogP contribution in [0.4, 0.5) is 8.78 Å². The molecule has 0 amide bonds. The number of hydrogen-bond acceptors (Lipinski definition) is 2. The molecule has 0 fully saturated rings. The lowest BCUT2D eigenvalue weighted by molar-refractivity contribution is -0.140. The Bertz CT molecular complexity index is 501. The molecule has 0 saturated heterocycles. The molecule has 20 heavy (non-hydrogen) atoms. The molecule has 0 aliphatic carbocycles. The van der Waals surface area contributed by atoms with Gasteiger partial charge in [0.15, 0.2) is 0 Å². The van der Waals surface area contributed by atoms with Gasteiger partial charge >= 0.3 is 5.97 Å². The van der Waals surface area contributed by atoms with Crippen LogP contribution in [0.5, 0.6) is 5.75 Å². The second kappa shape index (κ2) is 6.24. The summed E-state index contributed by atoms with van der Waals surface area (Å²) in [5.74, 6) is -4.12. The Morgan fingerprint density at radius 2 is 2.00 bits per heavy atom. The van der Waals surface area contributed by atoms with Crippen molar-refractivity contribution in [1.29, 1.82) is 0 Å². The first kappa shape index (κ1) is 17.1. The second-order valence-corrected chi connectivity index (χ2v) is 6.71. The molecule has 0 aliphatic heterocycles. The fourth-order valence-corrected chi connectivity index (χ4v) is 2.63. The minimum atomic E-state index is -3.15. The predicted molar refractivity (Wildman–Crippen MR) is 80.3 cm³/mol. The number of carbonyl (C=O) groups is 1. The maximum absolute atomic E-state index is 14.5. The highest BCUT2D eigenvalue weighted by Crippen LogP contribution is 2.44. The SMILES string of the molecule is COc1ccc(I)cc1C(F)(F)CC(C)(C)CC(=O)O. The summed E-state index contributed by atoms with van der Waals surface area (Å²) in [7, 11) is 1.34. The van der Waals surface area contributed by atoms with Crippen molar-refractivity contribution >= 4 is 28.6 Å². The topological polar surface area (TPSA) is 46.5 Å². The summed E-state index contributed by atoms with van der Waals surface area (Å²) >= 11 is 1.95. The van der Waals surface area contributed by atoms with Crippen molar-refractivity contribution in [3.05, 3.63) is 27.3 Å². The zero-order chi connectivity index (χ0) is 15.6. The molecule has 0 aromatic heterocycles. The monoisotopic (exact) mass is 398 g/mol. The summed E-state index contributed by atoms with van der Waals surface area (Å²) in [4.78, 5) is 10.7. The molecule has 112 valence electrons. The van der Waals surface area contributed by atoms with Gasteiger partial charge in [0, 0.05) is 9.99 Å². The molecular weight excluding hydrogens is 381 g/mol. The number of alkyl halides is 2. The van der Waals surface area contributed by atoms with E-state index in [1.165, 1.54) is 33.1 Å². The van der Waals surface area contributed by atoms with Gasteiger partial charge in [-0.15, -0.1) is 0 Å². The first-order chi connectivity index (χ1) is 9.07. The third-order valence-electron chi connectivity index (χ3n) is 2.89. The predicted octanol–water partition coefficient (Wildman–Crippen LogP) is 4.28. The molecule has 3 nitrogen and oxygen atoms in total. The fraction of sp³-hybridized carbons (Fsp3) is 0.500. The average Bonchev–Trinajstić information content (AvgIpc) is 2.25. The number of carboxylic acid groups (broad SMARTS) is 1. The highest BCUT2D eigenvalue weighted by atomic mass is 127. The van der Waals surface area contributed by atoms with Crippen LogP contribution in [-0.4, -0.2) is 18.2 Å². The summed E-state index contributed by atoms with van der Waals surface area (Å²) in [5.41, 5.74) is -1.22. The molecule has 0 bridgehead atoms. The highest BCUT2D eigenvalue weighted by molar-refractivity contribution is 14.1. The Hall–Kier alpha value is -0.920. The molecule has 0 radical (unpaired) electrons. The van der Waals surface area contributed by atoms with Gasteiger partial charge in [-0.1, -0.05) is 13.8 Å². The Labute approximate surface area is 130 Å². The van der Waals surface area contributed by atoms with E-state index < -0.39 is 23.7 Å². The lowest BCUT2D eigenvalue weighted by Gasteiger charge is -2.29. The van der Waals surface area contributed by atoms with Crippen molar-refractivity contribution in [2.75, 3.05) is 7.11 Å². The van der Waals surface area contributed by atoms with E-state index in [-0.39, 0.29) is 17.7 Å². The van der Waals surface area contributed by atoms with Crippen LogP contribution in [0.2, 0.25) is 0 Å².